The molecule has 0 heterocycles. The van der Waals surface area contributed by atoms with Crippen molar-refractivity contribution in [2.75, 3.05) is 12.9 Å². The first-order valence-corrected chi connectivity index (χ1v) is 10.7. The zero-order valence-electron chi connectivity index (χ0n) is 17.3. The van der Waals surface area contributed by atoms with Crippen molar-refractivity contribution >= 4 is 16.1 Å². The lowest BCUT2D eigenvalue weighted by Crippen LogP contribution is -2.50. The molecular formula is C19H32N2O5S. The minimum Gasteiger partial charge on any atom is -0.493 e. The molecule has 27 heavy (non-hydrogen) atoms. The number of carbonyl (C=O) groups is 1. The predicted octanol–water partition coefficient (Wildman–Crippen LogP) is 3.53. The Morgan fingerprint density at radius 3 is 2.33 bits per heavy atom. The second kappa shape index (κ2) is 9.30. The minimum absolute atomic E-state index is 0.0122. The van der Waals surface area contributed by atoms with Crippen LogP contribution in [-0.4, -0.2) is 43.8 Å². The maximum Gasteiger partial charge on any atom is 0.318 e. The molecule has 1 aromatic rings. The van der Waals surface area contributed by atoms with E-state index in [0.29, 0.717) is 12.3 Å². The summed E-state index contributed by atoms with van der Waals surface area (Å²) < 4.78 is 34.0. The van der Waals surface area contributed by atoms with Crippen LogP contribution < -0.4 is 14.2 Å². The maximum absolute atomic E-state index is 12.7. The summed E-state index contributed by atoms with van der Waals surface area (Å²) in [5.74, 6) is 0.301. The number of hydrogen-bond acceptors (Lipinski definition) is 5. The van der Waals surface area contributed by atoms with Gasteiger partial charge in [-0.3, -0.25) is 0 Å². The van der Waals surface area contributed by atoms with Crippen molar-refractivity contribution in [2.24, 2.45) is 0 Å². The number of amides is 2. The highest BCUT2D eigenvalue weighted by molar-refractivity contribution is 7.87. The maximum atomic E-state index is 12.7. The summed E-state index contributed by atoms with van der Waals surface area (Å²) in [7, 11) is -2.24. The van der Waals surface area contributed by atoms with Crippen LogP contribution in [0.15, 0.2) is 18.2 Å². The van der Waals surface area contributed by atoms with E-state index in [0.717, 1.165) is 12.0 Å². The monoisotopic (exact) mass is 400 g/mol. The molecule has 2 amide bonds. The molecule has 0 aliphatic rings. The van der Waals surface area contributed by atoms with E-state index in [2.05, 4.69) is 5.32 Å². The molecule has 8 heteroatoms. The van der Waals surface area contributed by atoms with Crippen LogP contribution in [0.3, 0.4) is 0 Å². The van der Waals surface area contributed by atoms with Gasteiger partial charge in [0.2, 0.25) is 0 Å². The van der Waals surface area contributed by atoms with Gasteiger partial charge in [-0.15, -0.1) is 0 Å². The highest BCUT2D eigenvalue weighted by Crippen LogP contribution is 2.30. The quantitative estimate of drug-likeness (QED) is 0.675. The Morgan fingerprint density at radius 2 is 1.85 bits per heavy atom. The number of hydrogen-bond donors (Lipinski definition) is 1. The SMILES string of the molecule is CCC(C)N(Cc1ccc(OC)c(OS(=O)(=O)CC)c1)C(=O)NC(C)(C)C. The number of urea groups is 1. The van der Waals surface area contributed by atoms with Crippen molar-refractivity contribution in [1.82, 2.24) is 10.2 Å². The molecular weight excluding hydrogens is 368 g/mol. The fourth-order valence-electron chi connectivity index (χ4n) is 2.32. The van der Waals surface area contributed by atoms with Gasteiger partial charge in [0.15, 0.2) is 11.5 Å². The summed E-state index contributed by atoms with van der Waals surface area (Å²) >= 11 is 0. The van der Waals surface area contributed by atoms with Gasteiger partial charge in [-0.2, -0.15) is 8.42 Å². The van der Waals surface area contributed by atoms with E-state index in [-0.39, 0.29) is 29.1 Å². The van der Waals surface area contributed by atoms with Gasteiger partial charge in [-0.05, 0) is 58.7 Å². The Balaban J connectivity index is 3.16. The number of nitrogens with zero attached hydrogens (tertiary/aromatic N) is 1. The lowest BCUT2D eigenvalue weighted by Gasteiger charge is -2.32. The lowest BCUT2D eigenvalue weighted by atomic mass is 10.1. The van der Waals surface area contributed by atoms with Crippen LogP contribution in [-0.2, 0) is 16.7 Å². The molecule has 1 unspecified atom stereocenters. The summed E-state index contributed by atoms with van der Waals surface area (Å²) in [6.45, 7) is 11.6. The Labute approximate surface area is 163 Å². The van der Waals surface area contributed by atoms with Crippen molar-refractivity contribution in [3.05, 3.63) is 23.8 Å². The second-order valence-corrected chi connectivity index (χ2v) is 9.34. The number of methoxy groups -OCH3 is 1. The summed E-state index contributed by atoms with van der Waals surface area (Å²) in [5.41, 5.74) is 0.396. The van der Waals surface area contributed by atoms with Crippen LogP contribution in [0.2, 0.25) is 0 Å². The molecule has 0 aliphatic heterocycles. The molecule has 0 spiro atoms. The molecule has 0 fully saturated rings. The van der Waals surface area contributed by atoms with E-state index in [1.165, 1.54) is 14.0 Å². The van der Waals surface area contributed by atoms with Crippen molar-refractivity contribution in [2.45, 2.75) is 66.1 Å². The Hall–Kier alpha value is -1.96. The van der Waals surface area contributed by atoms with Crippen molar-refractivity contribution in [3.8, 4) is 11.5 Å². The molecule has 1 rings (SSSR count). The van der Waals surface area contributed by atoms with Gasteiger partial charge in [-0.25, -0.2) is 4.79 Å². The molecule has 0 saturated heterocycles. The van der Waals surface area contributed by atoms with E-state index in [1.807, 2.05) is 34.6 Å². The van der Waals surface area contributed by atoms with Gasteiger partial charge in [0.25, 0.3) is 0 Å². The largest absolute Gasteiger partial charge is 0.493 e. The standard InChI is InChI=1S/C19H32N2O5S/c1-8-14(3)21(18(22)20-19(4,5)6)13-15-10-11-16(25-7)17(12-15)26-27(23,24)9-2/h10-12,14H,8-9,13H2,1-7H3,(H,20,22). The third-order valence-electron chi connectivity index (χ3n) is 4.02. The molecule has 7 nitrogen and oxygen atoms in total. The van der Waals surface area contributed by atoms with Crippen molar-refractivity contribution in [3.63, 3.8) is 0 Å². The van der Waals surface area contributed by atoms with Gasteiger partial charge in [-0.1, -0.05) is 13.0 Å². The van der Waals surface area contributed by atoms with Crippen LogP contribution in [0.25, 0.3) is 0 Å². The number of nitrogens with one attached hydrogen (secondary N) is 1. The highest BCUT2D eigenvalue weighted by Gasteiger charge is 2.24. The minimum atomic E-state index is -3.68. The molecule has 0 radical (unpaired) electrons. The third-order valence-corrected chi connectivity index (χ3v) is 5.16. The average Bonchev–Trinajstić information content (AvgIpc) is 2.57. The van der Waals surface area contributed by atoms with Crippen LogP contribution >= 0.6 is 0 Å². The molecule has 0 saturated carbocycles. The molecule has 1 atom stereocenters. The Bertz CT molecular complexity index is 741. The molecule has 0 aliphatic carbocycles. The fourth-order valence-corrected chi connectivity index (χ4v) is 2.84. The Kier molecular flexibility index (Phi) is 7.95. The molecule has 154 valence electrons. The number of ether oxygens (including phenoxy) is 1. The van der Waals surface area contributed by atoms with E-state index in [1.54, 1.807) is 23.1 Å². The smallest absolute Gasteiger partial charge is 0.318 e. The van der Waals surface area contributed by atoms with Crippen LogP contribution in [0.5, 0.6) is 11.5 Å². The first kappa shape index (κ1) is 23.1. The molecule has 1 aromatic carbocycles. The van der Waals surface area contributed by atoms with Crippen LogP contribution in [0, 0.1) is 0 Å². The van der Waals surface area contributed by atoms with Gasteiger partial charge >= 0.3 is 16.1 Å². The molecule has 0 bridgehead atoms. The van der Waals surface area contributed by atoms with Crippen LogP contribution in [0.4, 0.5) is 4.79 Å². The van der Waals surface area contributed by atoms with Gasteiger partial charge in [0, 0.05) is 18.1 Å². The molecule has 0 aromatic heterocycles. The number of benzene rings is 1. The van der Waals surface area contributed by atoms with E-state index < -0.39 is 10.1 Å². The molecule has 1 N–H and O–H groups in total. The van der Waals surface area contributed by atoms with Crippen molar-refractivity contribution in [1.29, 1.82) is 0 Å². The third kappa shape index (κ3) is 7.28. The van der Waals surface area contributed by atoms with Gasteiger partial charge < -0.3 is 19.1 Å². The topological polar surface area (TPSA) is 84.9 Å². The second-order valence-electron chi connectivity index (χ2n) is 7.48. The number of rotatable bonds is 8. The van der Waals surface area contributed by atoms with Crippen molar-refractivity contribution < 1.29 is 22.1 Å². The predicted molar refractivity (Wildman–Crippen MR) is 107 cm³/mol. The first-order valence-electron chi connectivity index (χ1n) is 9.10. The zero-order chi connectivity index (χ0) is 20.8. The summed E-state index contributed by atoms with van der Waals surface area (Å²) in [5, 5.41) is 2.97. The summed E-state index contributed by atoms with van der Waals surface area (Å²) in [6.07, 6.45) is 0.793. The summed E-state index contributed by atoms with van der Waals surface area (Å²) in [6, 6.07) is 4.89. The average molecular weight is 401 g/mol. The Morgan fingerprint density at radius 1 is 1.22 bits per heavy atom. The lowest BCUT2D eigenvalue weighted by molar-refractivity contribution is 0.165. The summed E-state index contributed by atoms with van der Waals surface area (Å²) in [4.78, 5) is 14.4. The van der Waals surface area contributed by atoms with E-state index in [9.17, 15) is 13.2 Å². The highest BCUT2D eigenvalue weighted by atomic mass is 32.2. The zero-order valence-corrected chi connectivity index (χ0v) is 18.1. The van der Waals surface area contributed by atoms with Gasteiger partial charge in [0.05, 0.1) is 12.9 Å². The number of carbonyl (C=O) groups excluding carboxylic acids is 1. The van der Waals surface area contributed by atoms with Gasteiger partial charge in [0.1, 0.15) is 0 Å². The normalized spacial score (nSPS) is 13.0. The van der Waals surface area contributed by atoms with Crippen LogP contribution in [0.1, 0.15) is 53.5 Å². The van der Waals surface area contributed by atoms with E-state index >= 15 is 0 Å². The van der Waals surface area contributed by atoms with E-state index in [4.69, 9.17) is 8.92 Å². The fraction of sp³-hybridized carbons (Fsp3) is 0.632. The first-order chi connectivity index (χ1) is 12.4.